The molecule has 2 aromatic carbocycles. The third-order valence-electron chi connectivity index (χ3n) is 5.13. The molecule has 1 amide bonds. The van der Waals surface area contributed by atoms with E-state index in [4.69, 9.17) is 0 Å². The Bertz CT molecular complexity index is 1360. The van der Waals surface area contributed by atoms with E-state index in [1.807, 2.05) is 0 Å². The number of para-hydroxylation sites is 3. The summed E-state index contributed by atoms with van der Waals surface area (Å²) in [7, 11) is 0. The molecule has 0 radical (unpaired) electrons. The lowest BCUT2D eigenvalue weighted by molar-refractivity contribution is -0.148. The van der Waals surface area contributed by atoms with Gasteiger partial charge in [0, 0.05) is 6.04 Å². The third-order valence-corrected chi connectivity index (χ3v) is 5.13. The standard InChI is InChI=1S/C22H20F3N5O2/c1-13(2)29(11-18-26-15-8-4-3-7-14(15)20(32)28-18)19(31)12-30-17-10-6-5-9-16(17)27-21(30)22(23,24)25/h3-10,13H,11-12H2,1-2H3,(H,26,28,32). The zero-order valence-electron chi connectivity index (χ0n) is 17.3. The number of benzene rings is 2. The molecule has 2 aromatic heterocycles. The fraction of sp³-hybridized carbons (Fsp3) is 0.273. The maximum absolute atomic E-state index is 13.6. The van der Waals surface area contributed by atoms with E-state index in [0.29, 0.717) is 10.9 Å². The Hall–Kier alpha value is -3.69. The number of fused-ring (bicyclic) bond motifs is 2. The van der Waals surface area contributed by atoms with Gasteiger partial charge in [0.05, 0.1) is 28.5 Å². The summed E-state index contributed by atoms with van der Waals surface area (Å²) in [4.78, 5) is 37.6. The first kappa shape index (κ1) is 21.5. The summed E-state index contributed by atoms with van der Waals surface area (Å²) in [5, 5.41) is 0.415. The van der Waals surface area contributed by atoms with Crippen LogP contribution >= 0.6 is 0 Å². The van der Waals surface area contributed by atoms with E-state index in [-0.39, 0.29) is 35.0 Å². The van der Waals surface area contributed by atoms with Crippen molar-refractivity contribution in [2.45, 2.75) is 39.2 Å². The zero-order chi connectivity index (χ0) is 23.0. The first-order chi connectivity index (χ1) is 15.1. The second-order valence-electron chi connectivity index (χ2n) is 7.65. The number of carbonyl (C=O) groups is 1. The number of halogens is 3. The van der Waals surface area contributed by atoms with Gasteiger partial charge in [-0.2, -0.15) is 13.2 Å². The lowest BCUT2D eigenvalue weighted by Gasteiger charge is -2.27. The number of aromatic amines is 1. The highest BCUT2D eigenvalue weighted by Crippen LogP contribution is 2.31. The van der Waals surface area contributed by atoms with Gasteiger partial charge in [-0.05, 0) is 38.1 Å². The van der Waals surface area contributed by atoms with Crippen LogP contribution in [0, 0.1) is 0 Å². The van der Waals surface area contributed by atoms with E-state index < -0.39 is 24.5 Å². The van der Waals surface area contributed by atoms with E-state index in [1.54, 1.807) is 50.2 Å². The predicted molar refractivity (Wildman–Crippen MR) is 113 cm³/mol. The van der Waals surface area contributed by atoms with Gasteiger partial charge in [-0.25, -0.2) is 9.97 Å². The number of aromatic nitrogens is 4. The molecule has 0 saturated carbocycles. The monoisotopic (exact) mass is 443 g/mol. The fourth-order valence-electron chi connectivity index (χ4n) is 3.61. The maximum Gasteiger partial charge on any atom is 0.449 e. The van der Waals surface area contributed by atoms with Crippen LogP contribution < -0.4 is 5.56 Å². The van der Waals surface area contributed by atoms with Crippen molar-refractivity contribution in [1.82, 2.24) is 24.4 Å². The van der Waals surface area contributed by atoms with Crippen LogP contribution in [0.5, 0.6) is 0 Å². The largest absolute Gasteiger partial charge is 0.449 e. The minimum atomic E-state index is -4.72. The predicted octanol–water partition coefficient (Wildman–Crippen LogP) is 3.73. The number of H-pyrrole nitrogens is 1. The first-order valence-corrected chi connectivity index (χ1v) is 9.95. The van der Waals surface area contributed by atoms with Crippen molar-refractivity contribution >= 4 is 27.8 Å². The minimum Gasteiger partial charge on any atom is -0.331 e. The van der Waals surface area contributed by atoms with Gasteiger partial charge >= 0.3 is 6.18 Å². The van der Waals surface area contributed by atoms with E-state index in [1.165, 1.54) is 17.0 Å². The molecule has 0 unspecified atom stereocenters. The van der Waals surface area contributed by atoms with Gasteiger partial charge in [-0.1, -0.05) is 24.3 Å². The summed E-state index contributed by atoms with van der Waals surface area (Å²) in [6.07, 6.45) is -4.72. The van der Waals surface area contributed by atoms with Crippen molar-refractivity contribution in [2.75, 3.05) is 0 Å². The molecule has 0 fully saturated rings. The summed E-state index contributed by atoms with van der Waals surface area (Å²) in [6.45, 7) is 2.89. The molecule has 32 heavy (non-hydrogen) atoms. The number of alkyl halides is 3. The smallest absolute Gasteiger partial charge is 0.331 e. The molecule has 4 aromatic rings. The van der Waals surface area contributed by atoms with Crippen molar-refractivity contribution in [3.8, 4) is 0 Å². The van der Waals surface area contributed by atoms with Gasteiger partial charge in [0.1, 0.15) is 12.4 Å². The molecule has 0 bridgehead atoms. The van der Waals surface area contributed by atoms with E-state index in [9.17, 15) is 22.8 Å². The van der Waals surface area contributed by atoms with E-state index >= 15 is 0 Å². The average Bonchev–Trinajstić information content (AvgIpc) is 3.11. The second-order valence-corrected chi connectivity index (χ2v) is 7.65. The van der Waals surface area contributed by atoms with Crippen LogP contribution in [0.4, 0.5) is 13.2 Å². The Kier molecular flexibility index (Phi) is 5.45. The van der Waals surface area contributed by atoms with Gasteiger partial charge in [-0.15, -0.1) is 0 Å². The molecular formula is C22H20F3N5O2. The zero-order valence-corrected chi connectivity index (χ0v) is 17.3. The molecule has 0 atom stereocenters. The number of hydrogen-bond donors (Lipinski definition) is 1. The molecular weight excluding hydrogens is 423 g/mol. The van der Waals surface area contributed by atoms with E-state index in [0.717, 1.165) is 4.57 Å². The van der Waals surface area contributed by atoms with Crippen LogP contribution in [0.1, 0.15) is 25.5 Å². The molecule has 7 nitrogen and oxygen atoms in total. The van der Waals surface area contributed by atoms with Crippen LogP contribution in [0.15, 0.2) is 53.3 Å². The Morgan fingerprint density at radius 2 is 1.72 bits per heavy atom. The van der Waals surface area contributed by atoms with Crippen molar-refractivity contribution in [3.63, 3.8) is 0 Å². The molecule has 4 rings (SSSR count). The normalized spacial score (nSPS) is 12.1. The van der Waals surface area contributed by atoms with Crippen molar-refractivity contribution in [1.29, 1.82) is 0 Å². The summed E-state index contributed by atoms with van der Waals surface area (Å²) in [5.41, 5.74) is 0.502. The molecule has 1 N–H and O–H groups in total. The van der Waals surface area contributed by atoms with Crippen molar-refractivity contribution in [3.05, 3.63) is 70.5 Å². The second kappa shape index (κ2) is 8.10. The number of nitrogens with one attached hydrogen (secondary N) is 1. The Morgan fingerprint density at radius 3 is 2.41 bits per heavy atom. The van der Waals surface area contributed by atoms with Gasteiger partial charge in [0.25, 0.3) is 5.56 Å². The molecule has 2 heterocycles. The summed E-state index contributed by atoms with van der Waals surface area (Å²) >= 11 is 0. The van der Waals surface area contributed by atoms with Gasteiger partial charge in [0.2, 0.25) is 11.7 Å². The SMILES string of the molecule is CC(C)N(Cc1nc2ccccc2c(=O)[nH]1)C(=O)Cn1c(C(F)(F)F)nc2ccccc21. The summed E-state index contributed by atoms with van der Waals surface area (Å²) < 4.78 is 41.6. The lowest BCUT2D eigenvalue weighted by Crippen LogP contribution is -2.40. The Morgan fingerprint density at radius 1 is 1.06 bits per heavy atom. The third kappa shape index (κ3) is 4.08. The quantitative estimate of drug-likeness (QED) is 0.510. The average molecular weight is 443 g/mol. The maximum atomic E-state index is 13.6. The first-order valence-electron chi connectivity index (χ1n) is 9.95. The van der Waals surface area contributed by atoms with Gasteiger partial charge in [-0.3, -0.25) is 9.59 Å². The number of rotatable bonds is 5. The van der Waals surface area contributed by atoms with Crippen LogP contribution in [-0.2, 0) is 24.1 Å². The molecule has 0 aliphatic heterocycles. The Balaban J connectivity index is 1.68. The number of amides is 1. The highest BCUT2D eigenvalue weighted by molar-refractivity contribution is 5.81. The lowest BCUT2D eigenvalue weighted by atomic mass is 10.2. The highest BCUT2D eigenvalue weighted by Gasteiger charge is 2.38. The highest BCUT2D eigenvalue weighted by atomic mass is 19.4. The molecule has 0 saturated heterocycles. The van der Waals surface area contributed by atoms with Crippen LogP contribution in [0.3, 0.4) is 0 Å². The van der Waals surface area contributed by atoms with Crippen molar-refractivity contribution < 1.29 is 18.0 Å². The number of hydrogen-bond acceptors (Lipinski definition) is 4. The molecule has 0 aliphatic rings. The number of imidazole rings is 1. The molecule has 0 aliphatic carbocycles. The van der Waals surface area contributed by atoms with Gasteiger partial charge in [0.15, 0.2) is 0 Å². The van der Waals surface area contributed by atoms with Crippen LogP contribution in [-0.4, -0.2) is 36.4 Å². The molecule has 10 heteroatoms. The van der Waals surface area contributed by atoms with E-state index in [2.05, 4.69) is 15.0 Å². The van der Waals surface area contributed by atoms with Crippen LogP contribution in [0.25, 0.3) is 21.9 Å². The number of carbonyl (C=O) groups excluding carboxylic acids is 1. The fourth-order valence-corrected chi connectivity index (χ4v) is 3.61. The van der Waals surface area contributed by atoms with Gasteiger partial charge < -0.3 is 14.5 Å². The van der Waals surface area contributed by atoms with Crippen molar-refractivity contribution in [2.24, 2.45) is 0 Å². The Labute approximate surface area is 180 Å². The molecule has 166 valence electrons. The topological polar surface area (TPSA) is 83.9 Å². The van der Waals surface area contributed by atoms with Crippen LogP contribution in [0.2, 0.25) is 0 Å². The summed E-state index contributed by atoms with van der Waals surface area (Å²) in [5.74, 6) is -1.43. The number of nitrogens with zero attached hydrogens (tertiary/aromatic N) is 4. The minimum absolute atomic E-state index is 0.0510. The summed E-state index contributed by atoms with van der Waals surface area (Å²) in [6, 6.07) is 12.6. The molecule has 0 spiro atoms.